The zero-order valence-electron chi connectivity index (χ0n) is 7.44. The van der Waals surface area contributed by atoms with Crippen LogP contribution in [0.2, 0.25) is 0 Å². The van der Waals surface area contributed by atoms with Crippen molar-refractivity contribution < 1.29 is 4.74 Å². The Balaban J connectivity index is 2.49. The van der Waals surface area contributed by atoms with E-state index in [1.54, 1.807) is 0 Å². The minimum atomic E-state index is -0.189. The third kappa shape index (κ3) is 2.17. The summed E-state index contributed by atoms with van der Waals surface area (Å²) in [7, 11) is -0.189. The molecule has 0 radical (unpaired) electrons. The summed E-state index contributed by atoms with van der Waals surface area (Å²) in [6.07, 6.45) is 5.08. The van der Waals surface area contributed by atoms with Gasteiger partial charge in [0.1, 0.15) is 0 Å². The van der Waals surface area contributed by atoms with Crippen LogP contribution in [-0.4, -0.2) is 21.4 Å². The third-order valence-corrected chi connectivity index (χ3v) is 4.69. The normalized spacial score (nSPS) is 32.8. The maximum atomic E-state index is 5.85. The molecule has 1 aliphatic heterocycles. The molecular formula is C9H18OSi. The summed E-state index contributed by atoms with van der Waals surface area (Å²) < 4.78 is 5.85. The van der Waals surface area contributed by atoms with Crippen molar-refractivity contribution in [1.82, 2.24) is 0 Å². The van der Waals surface area contributed by atoms with E-state index in [0.717, 1.165) is 6.61 Å². The van der Waals surface area contributed by atoms with Crippen molar-refractivity contribution in [3.63, 3.8) is 0 Å². The second-order valence-electron chi connectivity index (χ2n) is 3.33. The van der Waals surface area contributed by atoms with E-state index in [1.807, 2.05) is 0 Å². The van der Waals surface area contributed by atoms with Crippen LogP contribution in [0.25, 0.3) is 0 Å². The van der Waals surface area contributed by atoms with Gasteiger partial charge in [0.15, 0.2) is 0 Å². The van der Waals surface area contributed by atoms with Crippen LogP contribution < -0.4 is 0 Å². The molecule has 11 heavy (non-hydrogen) atoms. The van der Waals surface area contributed by atoms with Gasteiger partial charge in [-0.1, -0.05) is 6.92 Å². The summed E-state index contributed by atoms with van der Waals surface area (Å²) in [6.45, 7) is 7.05. The molecule has 0 aromatic heterocycles. The molecule has 0 aromatic rings. The van der Waals surface area contributed by atoms with Crippen LogP contribution in [0.3, 0.4) is 0 Å². The van der Waals surface area contributed by atoms with Gasteiger partial charge in [0.05, 0.1) is 14.7 Å². The van der Waals surface area contributed by atoms with Crippen molar-refractivity contribution >= 4 is 9.52 Å². The SMILES string of the molecule is C=C[SiH2]C1(CC)CCCCO1. The van der Waals surface area contributed by atoms with Gasteiger partial charge < -0.3 is 4.74 Å². The summed E-state index contributed by atoms with van der Waals surface area (Å²) in [5, 5.41) is 0.292. The minimum Gasteiger partial charge on any atom is -0.379 e. The maximum absolute atomic E-state index is 5.85. The Bertz CT molecular complexity index is 128. The van der Waals surface area contributed by atoms with Crippen molar-refractivity contribution in [2.45, 2.75) is 37.8 Å². The van der Waals surface area contributed by atoms with Gasteiger partial charge in [-0.05, 0) is 25.7 Å². The first-order valence-corrected chi connectivity index (χ1v) is 6.10. The highest BCUT2D eigenvalue weighted by Crippen LogP contribution is 2.26. The van der Waals surface area contributed by atoms with Gasteiger partial charge in [0.25, 0.3) is 0 Å². The van der Waals surface area contributed by atoms with Crippen LogP contribution in [0.1, 0.15) is 32.6 Å². The molecule has 1 heterocycles. The Morgan fingerprint density at radius 2 is 2.45 bits per heavy atom. The Morgan fingerprint density at radius 3 is 2.91 bits per heavy atom. The van der Waals surface area contributed by atoms with Crippen molar-refractivity contribution in [2.24, 2.45) is 0 Å². The Hall–Kier alpha value is -0.0831. The third-order valence-electron chi connectivity index (χ3n) is 2.60. The highest BCUT2D eigenvalue weighted by molar-refractivity contribution is 6.45. The Morgan fingerprint density at radius 1 is 1.64 bits per heavy atom. The molecule has 64 valence electrons. The average molecular weight is 170 g/mol. The minimum absolute atomic E-state index is 0.189. The Kier molecular flexibility index (Phi) is 3.33. The largest absolute Gasteiger partial charge is 0.379 e. The number of ether oxygens (including phenoxy) is 1. The lowest BCUT2D eigenvalue weighted by atomic mass is 10.1. The molecule has 1 nitrogen and oxygen atoms in total. The van der Waals surface area contributed by atoms with Gasteiger partial charge in [-0.25, -0.2) is 0 Å². The number of hydrogen-bond acceptors (Lipinski definition) is 1. The van der Waals surface area contributed by atoms with Gasteiger partial charge >= 0.3 is 0 Å². The molecular weight excluding hydrogens is 152 g/mol. The van der Waals surface area contributed by atoms with Crippen LogP contribution in [0.15, 0.2) is 12.3 Å². The summed E-state index contributed by atoms with van der Waals surface area (Å²) in [5.74, 6) is 0. The molecule has 0 bridgehead atoms. The van der Waals surface area contributed by atoms with Crippen LogP contribution in [0.4, 0.5) is 0 Å². The standard InChI is InChI=1S/C9H18OSi/c1-3-9(11-4-2)7-5-6-8-10-9/h4H,2-3,5-8,11H2,1H3. The lowest BCUT2D eigenvalue weighted by Gasteiger charge is -2.35. The van der Waals surface area contributed by atoms with E-state index in [0.29, 0.717) is 5.22 Å². The summed E-state index contributed by atoms with van der Waals surface area (Å²) >= 11 is 0. The van der Waals surface area contributed by atoms with Gasteiger partial charge in [-0.15, -0.1) is 12.3 Å². The smallest absolute Gasteiger partial charge is 0.0826 e. The zero-order valence-corrected chi connectivity index (χ0v) is 8.85. The van der Waals surface area contributed by atoms with E-state index in [-0.39, 0.29) is 9.52 Å². The molecule has 0 saturated carbocycles. The summed E-state index contributed by atoms with van der Waals surface area (Å²) in [6, 6.07) is 0. The second kappa shape index (κ2) is 4.07. The predicted molar refractivity (Wildman–Crippen MR) is 51.6 cm³/mol. The zero-order chi connectivity index (χ0) is 8.16. The average Bonchev–Trinajstić information content (AvgIpc) is 2.07. The molecule has 1 unspecified atom stereocenters. The fourth-order valence-corrected chi connectivity index (χ4v) is 3.29. The molecule has 1 atom stereocenters. The molecule has 0 aromatic carbocycles. The molecule has 0 spiro atoms. The van der Waals surface area contributed by atoms with Gasteiger partial charge in [-0.3, -0.25) is 0 Å². The topological polar surface area (TPSA) is 9.23 Å². The monoisotopic (exact) mass is 170 g/mol. The molecule has 1 rings (SSSR count). The quantitative estimate of drug-likeness (QED) is 0.585. The van der Waals surface area contributed by atoms with Crippen molar-refractivity contribution in [3.8, 4) is 0 Å². The van der Waals surface area contributed by atoms with Crippen LogP contribution >= 0.6 is 0 Å². The van der Waals surface area contributed by atoms with E-state index < -0.39 is 0 Å². The summed E-state index contributed by atoms with van der Waals surface area (Å²) in [4.78, 5) is 0. The van der Waals surface area contributed by atoms with Crippen LogP contribution in [0.5, 0.6) is 0 Å². The first-order valence-electron chi connectivity index (χ1n) is 4.58. The van der Waals surface area contributed by atoms with E-state index in [1.165, 1.54) is 25.7 Å². The predicted octanol–water partition coefficient (Wildman–Crippen LogP) is 1.61. The molecule has 0 aliphatic carbocycles. The van der Waals surface area contributed by atoms with Crippen molar-refractivity contribution in [1.29, 1.82) is 0 Å². The molecule has 2 heteroatoms. The number of rotatable bonds is 3. The maximum Gasteiger partial charge on any atom is 0.0826 e. The first-order chi connectivity index (χ1) is 5.33. The fourth-order valence-electron chi connectivity index (χ4n) is 1.76. The van der Waals surface area contributed by atoms with Gasteiger partial charge in [0, 0.05) is 6.61 Å². The molecule has 1 fully saturated rings. The molecule has 0 amide bonds. The van der Waals surface area contributed by atoms with Gasteiger partial charge in [-0.2, -0.15) is 0 Å². The lowest BCUT2D eigenvalue weighted by molar-refractivity contribution is -0.0214. The highest BCUT2D eigenvalue weighted by atomic mass is 28.2. The van der Waals surface area contributed by atoms with E-state index >= 15 is 0 Å². The van der Waals surface area contributed by atoms with Crippen LogP contribution in [0, 0.1) is 0 Å². The molecule has 0 N–H and O–H groups in total. The molecule has 1 aliphatic rings. The van der Waals surface area contributed by atoms with Gasteiger partial charge in [0.2, 0.25) is 0 Å². The second-order valence-corrected chi connectivity index (χ2v) is 5.61. The molecule has 1 saturated heterocycles. The van der Waals surface area contributed by atoms with Crippen LogP contribution in [-0.2, 0) is 4.74 Å². The van der Waals surface area contributed by atoms with E-state index in [4.69, 9.17) is 4.74 Å². The number of hydrogen-bond donors (Lipinski definition) is 0. The Labute approximate surface area is 71.7 Å². The highest BCUT2D eigenvalue weighted by Gasteiger charge is 2.29. The first kappa shape index (κ1) is 9.01. The fraction of sp³-hybridized carbons (Fsp3) is 0.778. The van der Waals surface area contributed by atoms with Crippen molar-refractivity contribution in [2.75, 3.05) is 6.61 Å². The van der Waals surface area contributed by atoms with Crippen molar-refractivity contribution in [3.05, 3.63) is 12.3 Å². The summed E-state index contributed by atoms with van der Waals surface area (Å²) in [5.41, 5.74) is 2.12. The van der Waals surface area contributed by atoms with E-state index in [2.05, 4.69) is 19.2 Å². The van der Waals surface area contributed by atoms with E-state index in [9.17, 15) is 0 Å². The lowest BCUT2D eigenvalue weighted by Crippen LogP contribution is -2.40.